The SMILES string of the molecule is Cc1cc(C)c(-n2c3ccccc3n3c(N(C)CCc4ccccc4)c(C(F)(F)F)nc23)c(C)c1. The summed E-state index contributed by atoms with van der Waals surface area (Å²) in [5.41, 5.74) is 5.65. The van der Waals surface area contributed by atoms with E-state index >= 15 is 0 Å². The highest BCUT2D eigenvalue weighted by molar-refractivity contribution is 5.87. The van der Waals surface area contributed by atoms with Gasteiger partial charge in [-0.25, -0.2) is 4.98 Å². The lowest BCUT2D eigenvalue weighted by atomic mass is 10.0. The van der Waals surface area contributed by atoms with Crippen molar-refractivity contribution in [3.8, 4) is 5.69 Å². The van der Waals surface area contributed by atoms with E-state index in [1.54, 1.807) is 16.3 Å². The number of halogens is 3. The minimum Gasteiger partial charge on any atom is -0.359 e. The van der Waals surface area contributed by atoms with Gasteiger partial charge in [0.2, 0.25) is 5.78 Å². The van der Waals surface area contributed by atoms with E-state index in [-0.39, 0.29) is 11.6 Å². The number of hydrogen-bond donors (Lipinski definition) is 0. The molecule has 5 aromatic rings. The first-order chi connectivity index (χ1) is 16.7. The normalized spacial score (nSPS) is 12.1. The summed E-state index contributed by atoms with van der Waals surface area (Å²) in [5.74, 6) is 0.316. The van der Waals surface area contributed by atoms with Crippen molar-refractivity contribution < 1.29 is 13.2 Å². The van der Waals surface area contributed by atoms with E-state index in [0.29, 0.717) is 18.5 Å². The molecule has 0 saturated carbocycles. The third kappa shape index (κ3) is 3.95. The Kier molecular flexibility index (Phi) is 5.58. The van der Waals surface area contributed by atoms with Crippen LogP contribution in [0.3, 0.4) is 0 Å². The van der Waals surface area contributed by atoms with Crippen molar-refractivity contribution in [1.29, 1.82) is 0 Å². The van der Waals surface area contributed by atoms with E-state index in [4.69, 9.17) is 0 Å². The van der Waals surface area contributed by atoms with Gasteiger partial charge < -0.3 is 4.90 Å². The molecule has 0 aliphatic heterocycles. The number of anilines is 1. The molecule has 0 aliphatic carbocycles. The number of para-hydroxylation sites is 2. The first-order valence-electron chi connectivity index (χ1n) is 11.6. The van der Waals surface area contributed by atoms with E-state index in [1.165, 1.54) is 0 Å². The monoisotopic (exact) mass is 476 g/mol. The van der Waals surface area contributed by atoms with Crippen LogP contribution < -0.4 is 4.90 Å². The van der Waals surface area contributed by atoms with Gasteiger partial charge in [0.25, 0.3) is 0 Å². The van der Waals surface area contributed by atoms with Crippen molar-refractivity contribution in [2.45, 2.75) is 33.4 Å². The molecule has 0 aliphatic rings. The number of imidazole rings is 2. The Labute approximate surface area is 202 Å². The van der Waals surface area contributed by atoms with Crippen molar-refractivity contribution >= 4 is 22.6 Å². The summed E-state index contributed by atoms with van der Waals surface area (Å²) in [6, 6.07) is 21.4. The summed E-state index contributed by atoms with van der Waals surface area (Å²) in [6.07, 6.45) is -3.97. The quantitative estimate of drug-likeness (QED) is 0.276. The molecule has 5 rings (SSSR count). The van der Waals surface area contributed by atoms with Gasteiger partial charge in [0.1, 0.15) is 5.82 Å². The van der Waals surface area contributed by atoms with Crippen LogP contribution in [0.4, 0.5) is 19.0 Å². The largest absolute Gasteiger partial charge is 0.437 e. The molecule has 35 heavy (non-hydrogen) atoms. The average molecular weight is 477 g/mol. The molecule has 4 nitrogen and oxygen atoms in total. The highest BCUT2D eigenvalue weighted by Gasteiger charge is 2.40. The second kappa shape index (κ2) is 8.48. The zero-order valence-electron chi connectivity index (χ0n) is 20.2. The van der Waals surface area contributed by atoms with Gasteiger partial charge in [0.05, 0.1) is 16.7 Å². The predicted molar refractivity (Wildman–Crippen MR) is 135 cm³/mol. The molecule has 0 unspecified atom stereocenters. The highest BCUT2D eigenvalue weighted by atomic mass is 19.4. The van der Waals surface area contributed by atoms with Crippen LogP contribution in [0, 0.1) is 20.8 Å². The number of alkyl halides is 3. The minimum absolute atomic E-state index is 0.0563. The number of benzene rings is 3. The first kappa shape index (κ1) is 23.0. The lowest BCUT2D eigenvalue weighted by molar-refractivity contribution is -0.140. The molecule has 0 amide bonds. The van der Waals surface area contributed by atoms with Gasteiger partial charge in [-0.15, -0.1) is 0 Å². The first-order valence-corrected chi connectivity index (χ1v) is 11.6. The van der Waals surface area contributed by atoms with Crippen LogP contribution in [0.15, 0.2) is 66.7 Å². The summed E-state index contributed by atoms with van der Waals surface area (Å²) < 4.78 is 46.5. The maximum Gasteiger partial charge on any atom is 0.437 e. The van der Waals surface area contributed by atoms with Gasteiger partial charge in [-0.05, 0) is 56.0 Å². The number of hydrogen-bond acceptors (Lipinski definition) is 2. The van der Waals surface area contributed by atoms with Crippen molar-refractivity contribution in [3.05, 3.63) is 94.7 Å². The molecule has 0 N–H and O–H groups in total. The van der Waals surface area contributed by atoms with E-state index < -0.39 is 11.9 Å². The summed E-state index contributed by atoms with van der Waals surface area (Å²) in [6.45, 7) is 6.41. The average Bonchev–Trinajstić information content (AvgIpc) is 3.34. The van der Waals surface area contributed by atoms with Crippen molar-refractivity contribution in [2.24, 2.45) is 0 Å². The number of rotatable bonds is 5. The molecule has 7 heteroatoms. The molecular weight excluding hydrogens is 449 g/mol. The fourth-order valence-electron chi connectivity index (χ4n) is 5.06. The minimum atomic E-state index is -4.59. The zero-order valence-corrected chi connectivity index (χ0v) is 20.2. The third-order valence-electron chi connectivity index (χ3n) is 6.47. The lowest BCUT2D eigenvalue weighted by Crippen LogP contribution is -2.25. The van der Waals surface area contributed by atoms with Crippen LogP contribution in [-0.2, 0) is 12.6 Å². The van der Waals surface area contributed by atoms with E-state index in [1.807, 2.05) is 92.1 Å². The van der Waals surface area contributed by atoms with Crippen LogP contribution in [0.25, 0.3) is 22.5 Å². The Hall–Kier alpha value is -3.74. The van der Waals surface area contributed by atoms with E-state index in [9.17, 15) is 13.2 Å². The topological polar surface area (TPSA) is 25.5 Å². The predicted octanol–water partition coefficient (Wildman–Crippen LogP) is 6.90. The van der Waals surface area contributed by atoms with Gasteiger partial charge in [-0.2, -0.15) is 13.2 Å². The second-order valence-electron chi connectivity index (χ2n) is 9.15. The van der Waals surface area contributed by atoms with Crippen molar-refractivity contribution in [3.63, 3.8) is 0 Å². The Balaban J connectivity index is 1.78. The van der Waals surface area contributed by atoms with E-state index in [2.05, 4.69) is 4.98 Å². The Morgan fingerprint density at radius 3 is 2.09 bits per heavy atom. The molecule has 3 aromatic carbocycles. The molecular formula is C28H27F3N4. The molecule has 2 aromatic heterocycles. The molecule has 2 heterocycles. The number of aryl methyl sites for hydroxylation is 3. The number of nitrogens with zero attached hydrogens (tertiary/aromatic N) is 4. The lowest BCUT2D eigenvalue weighted by Gasteiger charge is -2.21. The Bertz CT molecular complexity index is 1500. The van der Waals surface area contributed by atoms with Gasteiger partial charge in [0, 0.05) is 13.6 Å². The third-order valence-corrected chi connectivity index (χ3v) is 6.47. The van der Waals surface area contributed by atoms with E-state index in [0.717, 1.165) is 33.5 Å². The Morgan fingerprint density at radius 2 is 1.46 bits per heavy atom. The molecule has 0 spiro atoms. The number of likely N-dealkylation sites (N-methyl/N-ethyl adjacent to an activating group) is 1. The van der Waals surface area contributed by atoms with Crippen molar-refractivity contribution in [1.82, 2.24) is 14.0 Å². The van der Waals surface area contributed by atoms with Gasteiger partial charge in [-0.1, -0.05) is 60.2 Å². The van der Waals surface area contributed by atoms with Crippen LogP contribution in [0.2, 0.25) is 0 Å². The van der Waals surface area contributed by atoms with Gasteiger partial charge in [0.15, 0.2) is 5.69 Å². The standard InChI is InChI=1S/C28H27F3N4/c1-18-16-19(2)24(20(3)17-18)34-22-12-8-9-13-23(22)35-26(25(28(29,30)31)32-27(34)35)33(4)15-14-21-10-6-5-7-11-21/h5-13,16-17H,14-15H2,1-4H3. The second-order valence-corrected chi connectivity index (χ2v) is 9.15. The number of fused-ring (bicyclic) bond motifs is 3. The number of aromatic nitrogens is 3. The molecule has 0 fully saturated rings. The summed E-state index contributed by atoms with van der Waals surface area (Å²) in [5, 5.41) is 0. The maximum atomic E-state index is 14.3. The smallest absolute Gasteiger partial charge is 0.359 e. The Morgan fingerprint density at radius 1 is 0.857 bits per heavy atom. The van der Waals surface area contributed by atoms with Crippen LogP contribution in [-0.4, -0.2) is 27.5 Å². The molecule has 0 bridgehead atoms. The molecule has 0 radical (unpaired) electrons. The highest BCUT2D eigenvalue weighted by Crippen LogP contribution is 2.40. The fraction of sp³-hybridized carbons (Fsp3) is 0.250. The zero-order chi connectivity index (χ0) is 24.9. The summed E-state index contributed by atoms with van der Waals surface area (Å²) in [4.78, 5) is 5.91. The molecule has 180 valence electrons. The fourth-order valence-corrected chi connectivity index (χ4v) is 5.06. The van der Waals surface area contributed by atoms with Crippen LogP contribution in [0.1, 0.15) is 27.9 Å². The van der Waals surface area contributed by atoms with Gasteiger partial charge >= 0.3 is 6.18 Å². The van der Waals surface area contributed by atoms with Crippen LogP contribution in [0.5, 0.6) is 0 Å². The molecule has 0 atom stereocenters. The summed E-state index contributed by atoms with van der Waals surface area (Å²) in [7, 11) is 1.70. The molecule has 0 saturated heterocycles. The van der Waals surface area contributed by atoms with Crippen LogP contribution >= 0.6 is 0 Å². The summed E-state index contributed by atoms with van der Waals surface area (Å²) >= 11 is 0. The van der Waals surface area contributed by atoms with Gasteiger partial charge in [-0.3, -0.25) is 8.97 Å². The maximum absolute atomic E-state index is 14.3. The van der Waals surface area contributed by atoms with Crippen molar-refractivity contribution in [2.75, 3.05) is 18.5 Å².